The molecule has 0 bridgehead atoms. The SMILES string of the molecule is Cc1nc2ccc(C(=O)C=CC3CCN(Cc4ccccc4)CC3)cc2s1. The van der Waals surface area contributed by atoms with E-state index in [1.165, 1.54) is 5.56 Å². The first-order chi connectivity index (χ1) is 13.2. The van der Waals surface area contributed by atoms with Crippen molar-refractivity contribution in [2.24, 2.45) is 5.92 Å². The number of thiazole rings is 1. The molecule has 1 aliphatic heterocycles. The van der Waals surface area contributed by atoms with Crippen LogP contribution < -0.4 is 0 Å². The quantitative estimate of drug-likeness (QED) is 0.450. The summed E-state index contributed by atoms with van der Waals surface area (Å²) >= 11 is 1.64. The van der Waals surface area contributed by atoms with Gasteiger partial charge >= 0.3 is 0 Å². The number of aromatic nitrogens is 1. The fourth-order valence-corrected chi connectivity index (χ4v) is 4.52. The summed E-state index contributed by atoms with van der Waals surface area (Å²) in [4.78, 5) is 19.5. The lowest BCUT2D eigenvalue weighted by atomic mass is 9.95. The van der Waals surface area contributed by atoms with Gasteiger partial charge in [0.1, 0.15) is 0 Å². The molecule has 1 saturated heterocycles. The second-order valence-electron chi connectivity index (χ2n) is 7.24. The number of benzene rings is 2. The smallest absolute Gasteiger partial charge is 0.185 e. The fraction of sp³-hybridized carbons (Fsp3) is 0.304. The lowest BCUT2D eigenvalue weighted by Gasteiger charge is -2.30. The number of carbonyl (C=O) groups is 1. The average Bonchev–Trinajstić information content (AvgIpc) is 3.07. The lowest BCUT2D eigenvalue weighted by molar-refractivity contribution is 0.104. The van der Waals surface area contributed by atoms with Gasteiger partial charge in [0.2, 0.25) is 0 Å². The summed E-state index contributed by atoms with van der Waals surface area (Å²) in [7, 11) is 0. The molecule has 0 aliphatic carbocycles. The van der Waals surface area contributed by atoms with Gasteiger partial charge in [-0.15, -0.1) is 11.3 Å². The highest BCUT2D eigenvalue weighted by Crippen LogP contribution is 2.24. The molecule has 1 aromatic heterocycles. The highest BCUT2D eigenvalue weighted by Gasteiger charge is 2.17. The molecule has 0 saturated carbocycles. The van der Waals surface area contributed by atoms with E-state index in [1.54, 1.807) is 17.4 Å². The number of carbonyl (C=O) groups excluding carboxylic acids is 1. The van der Waals surface area contributed by atoms with Crippen molar-refractivity contribution in [3.63, 3.8) is 0 Å². The number of nitrogens with zero attached hydrogens (tertiary/aromatic N) is 2. The molecule has 0 amide bonds. The molecule has 2 aromatic carbocycles. The van der Waals surface area contributed by atoms with Gasteiger partial charge in [-0.25, -0.2) is 4.98 Å². The predicted molar refractivity (Wildman–Crippen MR) is 112 cm³/mol. The summed E-state index contributed by atoms with van der Waals surface area (Å²) in [6.07, 6.45) is 6.12. The van der Waals surface area contributed by atoms with Crippen molar-refractivity contribution >= 4 is 27.3 Å². The van der Waals surface area contributed by atoms with Crippen molar-refractivity contribution in [2.45, 2.75) is 26.3 Å². The molecule has 0 N–H and O–H groups in total. The molecule has 4 rings (SSSR count). The van der Waals surface area contributed by atoms with E-state index in [4.69, 9.17) is 0 Å². The van der Waals surface area contributed by atoms with E-state index in [2.05, 4.69) is 46.3 Å². The molecule has 3 nitrogen and oxygen atoms in total. The molecule has 0 spiro atoms. The largest absolute Gasteiger partial charge is 0.299 e. The van der Waals surface area contributed by atoms with Crippen LogP contribution in [0.15, 0.2) is 60.7 Å². The molecular weight excluding hydrogens is 352 g/mol. The van der Waals surface area contributed by atoms with E-state index in [0.29, 0.717) is 5.92 Å². The van der Waals surface area contributed by atoms with Crippen LogP contribution in [0.3, 0.4) is 0 Å². The Bertz CT molecular complexity index is 953. The minimum atomic E-state index is 0.0923. The Balaban J connectivity index is 1.32. The first kappa shape index (κ1) is 18.1. The first-order valence-corrected chi connectivity index (χ1v) is 10.3. The minimum absolute atomic E-state index is 0.0923. The Hall–Kier alpha value is -2.30. The van der Waals surface area contributed by atoms with Crippen molar-refractivity contribution < 1.29 is 4.79 Å². The summed E-state index contributed by atoms with van der Waals surface area (Å²) < 4.78 is 1.08. The van der Waals surface area contributed by atoms with Gasteiger partial charge in [0, 0.05) is 12.1 Å². The Kier molecular flexibility index (Phi) is 5.46. The molecule has 138 valence electrons. The maximum absolute atomic E-state index is 12.5. The van der Waals surface area contributed by atoms with E-state index in [-0.39, 0.29) is 5.78 Å². The topological polar surface area (TPSA) is 33.2 Å². The molecule has 1 aliphatic rings. The number of aryl methyl sites for hydroxylation is 1. The predicted octanol–water partition coefficient (Wildman–Crippen LogP) is 5.26. The monoisotopic (exact) mass is 376 g/mol. The molecule has 1 fully saturated rings. The van der Waals surface area contributed by atoms with E-state index >= 15 is 0 Å². The van der Waals surface area contributed by atoms with Crippen molar-refractivity contribution in [3.8, 4) is 0 Å². The summed E-state index contributed by atoms with van der Waals surface area (Å²) in [6.45, 7) is 5.19. The highest BCUT2D eigenvalue weighted by molar-refractivity contribution is 7.18. The Morgan fingerprint density at radius 2 is 1.96 bits per heavy atom. The highest BCUT2D eigenvalue weighted by atomic mass is 32.1. The van der Waals surface area contributed by atoms with E-state index in [9.17, 15) is 4.79 Å². The van der Waals surface area contributed by atoms with Crippen LogP contribution >= 0.6 is 11.3 Å². The number of hydrogen-bond donors (Lipinski definition) is 0. The standard InChI is InChI=1S/C23H24N2OS/c1-17-24-21-9-8-20(15-23(21)27-17)22(26)10-7-18-11-13-25(14-12-18)16-19-5-3-2-4-6-19/h2-10,15,18H,11-14,16H2,1H3. The fourth-order valence-electron chi connectivity index (χ4n) is 3.66. The summed E-state index contributed by atoms with van der Waals surface area (Å²) in [5, 5.41) is 1.03. The van der Waals surface area contributed by atoms with Crippen LogP contribution in [0.1, 0.15) is 33.8 Å². The van der Waals surface area contributed by atoms with Gasteiger partial charge in [0.15, 0.2) is 5.78 Å². The van der Waals surface area contributed by atoms with Crippen LogP contribution in [0, 0.1) is 12.8 Å². The third-order valence-electron chi connectivity index (χ3n) is 5.18. The van der Waals surface area contributed by atoms with Crippen LogP contribution in [0.5, 0.6) is 0 Å². The first-order valence-electron chi connectivity index (χ1n) is 9.53. The number of hydrogen-bond acceptors (Lipinski definition) is 4. The molecular formula is C23H24N2OS. The zero-order chi connectivity index (χ0) is 18.6. The molecule has 0 radical (unpaired) electrons. The lowest BCUT2D eigenvalue weighted by Crippen LogP contribution is -2.32. The molecule has 27 heavy (non-hydrogen) atoms. The van der Waals surface area contributed by atoms with Gasteiger partial charge in [0.05, 0.1) is 15.2 Å². The number of piperidine rings is 1. The zero-order valence-electron chi connectivity index (χ0n) is 15.6. The van der Waals surface area contributed by atoms with Crippen LogP contribution in [-0.2, 0) is 6.54 Å². The molecule has 2 heterocycles. The van der Waals surface area contributed by atoms with E-state index in [1.807, 2.05) is 25.1 Å². The van der Waals surface area contributed by atoms with Crippen molar-refractivity contribution in [3.05, 3.63) is 76.8 Å². The van der Waals surface area contributed by atoms with Crippen LogP contribution in [0.25, 0.3) is 10.2 Å². The van der Waals surface area contributed by atoms with Crippen LogP contribution in [-0.4, -0.2) is 28.8 Å². The number of ketones is 1. The maximum atomic E-state index is 12.5. The van der Waals surface area contributed by atoms with E-state index in [0.717, 1.165) is 53.3 Å². The summed E-state index contributed by atoms with van der Waals surface area (Å²) in [5.74, 6) is 0.588. The van der Waals surface area contributed by atoms with Gasteiger partial charge in [-0.1, -0.05) is 36.4 Å². The molecule has 0 unspecified atom stereocenters. The van der Waals surface area contributed by atoms with E-state index < -0.39 is 0 Å². The average molecular weight is 377 g/mol. The zero-order valence-corrected chi connectivity index (χ0v) is 16.4. The van der Waals surface area contributed by atoms with Gasteiger partial charge in [-0.3, -0.25) is 9.69 Å². The number of allylic oxidation sites excluding steroid dienone is 2. The van der Waals surface area contributed by atoms with Gasteiger partial charge in [0.25, 0.3) is 0 Å². The van der Waals surface area contributed by atoms with Gasteiger partial charge in [-0.05, 0) is 68.6 Å². The number of fused-ring (bicyclic) bond motifs is 1. The third-order valence-corrected chi connectivity index (χ3v) is 6.11. The van der Waals surface area contributed by atoms with Gasteiger partial charge in [-0.2, -0.15) is 0 Å². The molecule has 0 atom stereocenters. The van der Waals surface area contributed by atoms with Crippen molar-refractivity contribution in [1.82, 2.24) is 9.88 Å². The van der Waals surface area contributed by atoms with Crippen molar-refractivity contribution in [2.75, 3.05) is 13.1 Å². The third kappa shape index (κ3) is 4.52. The Morgan fingerprint density at radius 3 is 2.74 bits per heavy atom. The maximum Gasteiger partial charge on any atom is 0.185 e. The van der Waals surface area contributed by atoms with Crippen LogP contribution in [0.2, 0.25) is 0 Å². The second kappa shape index (κ2) is 8.15. The molecule has 3 aromatic rings. The Morgan fingerprint density at radius 1 is 1.19 bits per heavy atom. The second-order valence-corrected chi connectivity index (χ2v) is 8.47. The summed E-state index contributed by atoms with van der Waals surface area (Å²) in [6, 6.07) is 16.4. The summed E-state index contributed by atoms with van der Waals surface area (Å²) in [5.41, 5.74) is 3.10. The Labute approximate surface area is 164 Å². The number of rotatable bonds is 5. The van der Waals surface area contributed by atoms with Gasteiger partial charge < -0.3 is 0 Å². The molecule has 4 heteroatoms. The van der Waals surface area contributed by atoms with Crippen molar-refractivity contribution in [1.29, 1.82) is 0 Å². The van der Waals surface area contributed by atoms with Crippen LogP contribution in [0.4, 0.5) is 0 Å². The normalized spacial score (nSPS) is 16.3. The number of likely N-dealkylation sites (tertiary alicyclic amines) is 1. The minimum Gasteiger partial charge on any atom is -0.299 e.